The second-order valence-corrected chi connectivity index (χ2v) is 4.34. The maximum Gasteiger partial charge on any atom is 0.305 e. The fourth-order valence-corrected chi connectivity index (χ4v) is 1.71. The van der Waals surface area contributed by atoms with Crippen molar-refractivity contribution in [2.24, 2.45) is 0 Å². The fraction of sp³-hybridized carbons (Fsp3) is 0.417. The minimum Gasteiger partial charge on any atom is -0.481 e. The first-order valence-corrected chi connectivity index (χ1v) is 5.12. The van der Waals surface area contributed by atoms with Gasteiger partial charge in [0.2, 0.25) is 0 Å². The highest BCUT2D eigenvalue weighted by Gasteiger charge is 2.35. The third-order valence-corrected chi connectivity index (χ3v) is 3.01. The molecule has 0 aliphatic heterocycles. The molecule has 1 aromatic rings. The summed E-state index contributed by atoms with van der Waals surface area (Å²) >= 11 is 0. The molecule has 17 heavy (non-hydrogen) atoms. The molecule has 0 amide bonds. The normalized spacial score (nSPS) is 14.7. The third kappa shape index (κ3) is 2.61. The van der Waals surface area contributed by atoms with Crippen LogP contribution in [-0.2, 0) is 10.3 Å². The van der Waals surface area contributed by atoms with Gasteiger partial charge in [0.1, 0.15) is 0 Å². The average Bonchev–Trinajstić information content (AvgIpc) is 2.20. The summed E-state index contributed by atoms with van der Waals surface area (Å²) in [6, 6.07) is 3.79. The molecular weight excluding hydrogens is 228 g/mol. The minimum atomic E-state index is -1.09. The van der Waals surface area contributed by atoms with E-state index in [1.807, 2.05) is 0 Å². The molecule has 1 unspecified atom stereocenters. The van der Waals surface area contributed by atoms with Crippen LogP contribution < -0.4 is 0 Å². The number of halogens is 2. The molecule has 0 heterocycles. The van der Waals surface area contributed by atoms with Crippen molar-refractivity contribution in [3.63, 3.8) is 0 Å². The number of carboxylic acid groups (broad SMARTS) is 1. The van der Waals surface area contributed by atoms with Crippen molar-refractivity contribution < 1.29 is 18.7 Å². The molecular formula is C12H15F2NO2. The average molecular weight is 243 g/mol. The predicted molar refractivity (Wildman–Crippen MR) is 59.6 cm³/mol. The van der Waals surface area contributed by atoms with E-state index in [2.05, 4.69) is 0 Å². The van der Waals surface area contributed by atoms with Crippen molar-refractivity contribution in [1.82, 2.24) is 4.90 Å². The van der Waals surface area contributed by atoms with Gasteiger partial charge in [0, 0.05) is 5.56 Å². The lowest BCUT2D eigenvalue weighted by Gasteiger charge is -2.36. The van der Waals surface area contributed by atoms with Crippen molar-refractivity contribution in [3.05, 3.63) is 35.4 Å². The summed E-state index contributed by atoms with van der Waals surface area (Å²) in [5.41, 5.74) is -1.04. The second-order valence-electron chi connectivity index (χ2n) is 4.34. The van der Waals surface area contributed by atoms with Crippen LogP contribution in [0.5, 0.6) is 0 Å². The van der Waals surface area contributed by atoms with Crippen LogP contribution in [-0.4, -0.2) is 30.1 Å². The first-order valence-electron chi connectivity index (χ1n) is 5.12. The topological polar surface area (TPSA) is 40.5 Å². The fourth-order valence-electron chi connectivity index (χ4n) is 1.71. The van der Waals surface area contributed by atoms with Crippen LogP contribution in [0.2, 0.25) is 0 Å². The van der Waals surface area contributed by atoms with Crippen LogP contribution in [0, 0.1) is 11.6 Å². The summed E-state index contributed by atoms with van der Waals surface area (Å²) in [5, 5.41) is 8.88. The Hall–Kier alpha value is -1.49. The van der Waals surface area contributed by atoms with Crippen molar-refractivity contribution in [2.45, 2.75) is 18.9 Å². The van der Waals surface area contributed by atoms with Gasteiger partial charge in [-0.25, -0.2) is 8.78 Å². The van der Waals surface area contributed by atoms with Crippen molar-refractivity contribution in [3.8, 4) is 0 Å². The summed E-state index contributed by atoms with van der Waals surface area (Å²) in [5.74, 6) is -3.03. The highest BCUT2D eigenvalue weighted by molar-refractivity contribution is 5.68. The van der Waals surface area contributed by atoms with Crippen LogP contribution in [0.25, 0.3) is 0 Å². The Morgan fingerprint density at radius 2 is 2.00 bits per heavy atom. The largest absolute Gasteiger partial charge is 0.481 e. The quantitative estimate of drug-likeness (QED) is 0.881. The van der Waals surface area contributed by atoms with Gasteiger partial charge >= 0.3 is 5.97 Å². The molecule has 0 bridgehead atoms. The maximum absolute atomic E-state index is 13.7. The van der Waals surface area contributed by atoms with Gasteiger partial charge in [0.05, 0.1) is 12.0 Å². The summed E-state index contributed by atoms with van der Waals surface area (Å²) in [6.07, 6.45) is -0.305. The Morgan fingerprint density at radius 3 is 2.47 bits per heavy atom. The molecule has 94 valence electrons. The van der Waals surface area contributed by atoms with Gasteiger partial charge in [0.25, 0.3) is 0 Å². The minimum absolute atomic E-state index is 0.0462. The molecule has 0 radical (unpaired) electrons. The summed E-state index contributed by atoms with van der Waals surface area (Å²) in [4.78, 5) is 12.4. The maximum atomic E-state index is 13.7. The zero-order valence-corrected chi connectivity index (χ0v) is 10.00. The molecule has 0 saturated heterocycles. The van der Waals surface area contributed by atoms with E-state index >= 15 is 0 Å². The summed E-state index contributed by atoms with van der Waals surface area (Å²) in [6.45, 7) is 1.57. The van der Waals surface area contributed by atoms with Gasteiger partial charge in [-0.2, -0.15) is 0 Å². The molecule has 0 fully saturated rings. The first kappa shape index (κ1) is 13.6. The smallest absolute Gasteiger partial charge is 0.305 e. The van der Waals surface area contributed by atoms with Crippen LogP contribution >= 0.6 is 0 Å². The lowest BCUT2D eigenvalue weighted by atomic mass is 9.87. The molecule has 0 aliphatic carbocycles. The molecule has 1 aromatic carbocycles. The zero-order valence-electron chi connectivity index (χ0n) is 10.00. The second kappa shape index (κ2) is 4.79. The molecule has 0 aromatic heterocycles. The molecule has 0 saturated carbocycles. The monoisotopic (exact) mass is 243 g/mol. The van der Waals surface area contributed by atoms with Crippen molar-refractivity contribution >= 4 is 5.97 Å². The number of nitrogens with zero attached hydrogens (tertiary/aromatic N) is 1. The van der Waals surface area contributed by atoms with E-state index in [-0.39, 0.29) is 12.0 Å². The van der Waals surface area contributed by atoms with E-state index < -0.39 is 23.1 Å². The van der Waals surface area contributed by atoms with Gasteiger partial charge < -0.3 is 5.11 Å². The number of hydrogen-bond acceptors (Lipinski definition) is 2. The number of hydrogen-bond donors (Lipinski definition) is 1. The van der Waals surface area contributed by atoms with Crippen LogP contribution in [0.1, 0.15) is 18.9 Å². The van der Waals surface area contributed by atoms with Gasteiger partial charge in [0.15, 0.2) is 11.6 Å². The molecule has 0 spiro atoms. The zero-order chi connectivity index (χ0) is 13.2. The van der Waals surface area contributed by atoms with E-state index in [0.717, 1.165) is 6.07 Å². The SMILES string of the molecule is CN(C)C(C)(CC(=O)O)c1cccc(F)c1F. The molecule has 1 atom stereocenters. The van der Waals surface area contributed by atoms with Crippen LogP contribution in [0.15, 0.2) is 18.2 Å². The van der Waals surface area contributed by atoms with Gasteiger partial charge in [-0.1, -0.05) is 12.1 Å². The van der Waals surface area contributed by atoms with Crippen LogP contribution in [0.4, 0.5) is 8.78 Å². The molecule has 1 rings (SSSR count). The van der Waals surface area contributed by atoms with Crippen LogP contribution in [0.3, 0.4) is 0 Å². The van der Waals surface area contributed by atoms with E-state index in [1.54, 1.807) is 25.9 Å². The summed E-state index contributed by atoms with van der Waals surface area (Å²) in [7, 11) is 3.26. The highest BCUT2D eigenvalue weighted by Crippen LogP contribution is 2.32. The van der Waals surface area contributed by atoms with Gasteiger partial charge in [-0.05, 0) is 27.1 Å². The number of benzene rings is 1. The Balaban J connectivity index is 3.32. The van der Waals surface area contributed by atoms with E-state index in [0.29, 0.717) is 0 Å². The summed E-state index contributed by atoms with van der Waals surface area (Å²) < 4.78 is 26.9. The Morgan fingerprint density at radius 1 is 1.41 bits per heavy atom. The highest BCUT2D eigenvalue weighted by atomic mass is 19.2. The lowest BCUT2D eigenvalue weighted by molar-refractivity contribution is -0.140. The van der Waals surface area contributed by atoms with E-state index in [9.17, 15) is 13.6 Å². The molecule has 5 heteroatoms. The lowest BCUT2D eigenvalue weighted by Crippen LogP contribution is -2.41. The Labute approximate surface area is 98.7 Å². The number of carboxylic acids is 1. The Bertz CT molecular complexity index is 435. The standard InChI is InChI=1S/C12H15F2NO2/c1-12(15(2)3,7-10(16)17)8-5-4-6-9(13)11(8)14/h4-6H,7H2,1-3H3,(H,16,17). The third-order valence-electron chi connectivity index (χ3n) is 3.01. The molecule has 3 nitrogen and oxygen atoms in total. The van der Waals surface area contributed by atoms with Gasteiger partial charge in [-0.3, -0.25) is 9.69 Å². The predicted octanol–water partition coefficient (Wildman–Crippen LogP) is 2.22. The molecule has 0 aliphatic rings. The van der Waals surface area contributed by atoms with E-state index in [4.69, 9.17) is 5.11 Å². The Kier molecular flexibility index (Phi) is 3.83. The van der Waals surface area contributed by atoms with Crippen molar-refractivity contribution in [2.75, 3.05) is 14.1 Å². The molecule has 1 N–H and O–H groups in total. The van der Waals surface area contributed by atoms with Crippen molar-refractivity contribution in [1.29, 1.82) is 0 Å². The number of aliphatic carboxylic acids is 1. The number of rotatable bonds is 4. The van der Waals surface area contributed by atoms with E-state index in [1.165, 1.54) is 12.1 Å². The number of carbonyl (C=O) groups is 1. The van der Waals surface area contributed by atoms with Gasteiger partial charge in [-0.15, -0.1) is 0 Å². The first-order chi connectivity index (χ1) is 7.79.